The van der Waals surface area contributed by atoms with Crippen molar-refractivity contribution in [3.63, 3.8) is 0 Å². The highest BCUT2D eigenvalue weighted by Gasteiger charge is 2.12. The highest BCUT2D eigenvalue weighted by molar-refractivity contribution is 8.02. The third-order valence-corrected chi connectivity index (χ3v) is 5.79. The smallest absolute Gasteiger partial charge is 0.166 e. The van der Waals surface area contributed by atoms with Gasteiger partial charge in [-0.1, -0.05) is 48.9 Å². The summed E-state index contributed by atoms with van der Waals surface area (Å²) < 4.78 is 11.3. The Balaban J connectivity index is 2.49. The van der Waals surface area contributed by atoms with E-state index in [1.54, 1.807) is 11.8 Å². The van der Waals surface area contributed by atoms with Crippen LogP contribution in [-0.2, 0) is 9.47 Å². The summed E-state index contributed by atoms with van der Waals surface area (Å²) >= 11 is 3.64. The largest absolute Gasteiger partial charge is 0.352 e. The number of nitrogens with zero attached hydrogens (tertiary/aromatic N) is 1. The second kappa shape index (κ2) is 16.3. The number of hydrogen-bond acceptors (Lipinski definition) is 5. The van der Waals surface area contributed by atoms with Gasteiger partial charge in [0.1, 0.15) is 0 Å². The van der Waals surface area contributed by atoms with Crippen LogP contribution in [0.5, 0.6) is 0 Å². The molecule has 0 bridgehead atoms. The van der Waals surface area contributed by atoms with Crippen molar-refractivity contribution in [3.05, 3.63) is 41.8 Å². The van der Waals surface area contributed by atoms with Gasteiger partial charge in [0, 0.05) is 35.5 Å². The summed E-state index contributed by atoms with van der Waals surface area (Å²) in [5.74, 6) is 0.838. The van der Waals surface area contributed by atoms with Crippen LogP contribution in [0.1, 0.15) is 46.0 Å². The summed E-state index contributed by atoms with van der Waals surface area (Å²) in [6, 6.07) is 12.6. The van der Waals surface area contributed by atoms with Crippen LogP contribution in [0.3, 0.4) is 0 Å². The fraction of sp³-hybridized carbons (Fsp3) is 0.571. The highest BCUT2D eigenvalue weighted by atomic mass is 32.2. The average Bonchev–Trinajstić information content (AvgIpc) is 2.66. The minimum atomic E-state index is -0.133. The Hall–Kier alpha value is -0.930. The first kappa shape index (κ1) is 23.1. The predicted octanol–water partition coefficient (Wildman–Crippen LogP) is 6.27. The summed E-state index contributed by atoms with van der Waals surface area (Å²) in [5, 5.41) is 11.3. The molecule has 5 heteroatoms. The molecular formula is C21H31NO2S2. The minimum Gasteiger partial charge on any atom is -0.352 e. The van der Waals surface area contributed by atoms with E-state index in [2.05, 4.69) is 41.8 Å². The average molecular weight is 394 g/mol. The van der Waals surface area contributed by atoms with Crippen molar-refractivity contribution >= 4 is 23.5 Å². The maximum Gasteiger partial charge on any atom is 0.166 e. The second-order valence-electron chi connectivity index (χ2n) is 5.73. The molecule has 0 aliphatic heterocycles. The molecule has 3 nitrogen and oxygen atoms in total. The second-order valence-corrected chi connectivity index (χ2v) is 7.98. The first-order valence-corrected chi connectivity index (χ1v) is 11.3. The minimum absolute atomic E-state index is 0.133. The molecule has 0 saturated heterocycles. The van der Waals surface area contributed by atoms with Gasteiger partial charge in [-0.25, -0.2) is 0 Å². The van der Waals surface area contributed by atoms with Gasteiger partial charge in [-0.05, 0) is 44.2 Å². The van der Waals surface area contributed by atoms with Crippen LogP contribution in [0, 0.1) is 11.3 Å². The van der Waals surface area contributed by atoms with Gasteiger partial charge in [0.05, 0.1) is 6.07 Å². The molecule has 0 N–H and O–H groups in total. The summed E-state index contributed by atoms with van der Waals surface area (Å²) in [4.78, 5) is 1.25. The molecule has 0 amide bonds. The van der Waals surface area contributed by atoms with Crippen molar-refractivity contribution in [1.29, 1.82) is 5.26 Å². The van der Waals surface area contributed by atoms with Crippen LogP contribution in [0.4, 0.5) is 0 Å². The number of nitriles is 1. The number of benzene rings is 1. The van der Waals surface area contributed by atoms with Gasteiger partial charge < -0.3 is 9.47 Å². The van der Waals surface area contributed by atoms with Gasteiger partial charge in [0.25, 0.3) is 0 Å². The van der Waals surface area contributed by atoms with Gasteiger partial charge in [0.2, 0.25) is 0 Å². The van der Waals surface area contributed by atoms with E-state index in [-0.39, 0.29) is 6.29 Å². The lowest BCUT2D eigenvalue weighted by Crippen LogP contribution is -2.21. The normalized spacial score (nSPS) is 12.5. The van der Waals surface area contributed by atoms with Crippen molar-refractivity contribution in [2.24, 2.45) is 0 Å². The van der Waals surface area contributed by atoms with E-state index < -0.39 is 0 Å². The SMILES string of the molecule is CCOC(CSC(C=CSc1ccccc1)CCCCCC#N)OCC. The zero-order valence-electron chi connectivity index (χ0n) is 15.9. The summed E-state index contributed by atoms with van der Waals surface area (Å²) in [5.41, 5.74) is 0. The molecule has 0 saturated carbocycles. The molecule has 26 heavy (non-hydrogen) atoms. The third-order valence-electron chi connectivity index (χ3n) is 3.67. The number of hydrogen-bond donors (Lipinski definition) is 0. The Labute approximate surface area is 167 Å². The van der Waals surface area contributed by atoms with E-state index in [0.29, 0.717) is 24.9 Å². The number of ether oxygens (including phenoxy) is 2. The fourth-order valence-corrected chi connectivity index (χ4v) is 4.34. The molecule has 0 aliphatic carbocycles. The maximum absolute atomic E-state index is 8.65. The molecule has 0 heterocycles. The quantitative estimate of drug-likeness (QED) is 0.200. The zero-order valence-corrected chi connectivity index (χ0v) is 17.6. The molecule has 1 unspecified atom stereocenters. The zero-order chi connectivity index (χ0) is 18.9. The Morgan fingerprint density at radius 1 is 1.08 bits per heavy atom. The molecule has 1 aromatic rings. The maximum atomic E-state index is 8.65. The van der Waals surface area contributed by atoms with Crippen molar-refractivity contribution in [1.82, 2.24) is 0 Å². The standard InChI is InChI=1S/C21H31NO2S2/c1-3-23-21(24-4-2)18-26-20(14-8-5-6-11-16-22)15-17-25-19-12-9-7-10-13-19/h7,9-10,12-13,15,17,20-21H,3-6,8,11,14,18H2,1-2H3. The monoisotopic (exact) mass is 393 g/mol. The molecule has 0 aromatic heterocycles. The van der Waals surface area contributed by atoms with Crippen LogP contribution in [0.2, 0.25) is 0 Å². The van der Waals surface area contributed by atoms with Crippen LogP contribution in [-0.4, -0.2) is 30.5 Å². The Kier molecular flexibility index (Phi) is 14.5. The molecule has 144 valence electrons. The summed E-state index contributed by atoms with van der Waals surface area (Å²) in [7, 11) is 0. The number of thioether (sulfide) groups is 2. The van der Waals surface area contributed by atoms with Gasteiger partial charge in [0.15, 0.2) is 6.29 Å². The lowest BCUT2D eigenvalue weighted by molar-refractivity contribution is -0.120. The van der Waals surface area contributed by atoms with Crippen molar-refractivity contribution in [2.75, 3.05) is 19.0 Å². The lowest BCUT2D eigenvalue weighted by Gasteiger charge is -2.19. The van der Waals surface area contributed by atoms with Crippen LogP contribution in [0.25, 0.3) is 0 Å². The molecule has 1 aromatic carbocycles. The molecule has 1 rings (SSSR count). The first-order valence-electron chi connectivity index (χ1n) is 9.40. The van der Waals surface area contributed by atoms with E-state index in [4.69, 9.17) is 14.7 Å². The van der Waals surface area contributed by atoms with Crippen molar-refractivity contribution in [2.45, 2.75) is 62.4 Å². The van der Waals surface area contributed by atoms with Crippen LogP contribution >= 0.6 is 23.5 Å². The molecule has 0 fully saturated rings. The van der Waals surface area contributed by atoms with Crippen molar-refractivity contribution in [3.8, 4) is 6.07 Å². The van der Waals surface area contributed by atoms with Crippen LogP contribution in [0.15, 0.2) is 46.7 Å². The topological polar surface area (TPSA) is 42.2 Å². The molecule has 0 radical (unpaired) electrons. The van der Waals surface area contributed by atoms with Gasteiger partial charge in [-0.3, -0.25) is 0 Å². The Bertz CT molecular complexity index is 510. The molecule has 0 aliphatic rings. The summed E-state index contributed by atoms with van der Waals surface area (Å²) in [6.45, 7) is 5.34. The fourth-order valence-electron chi connectivity index (χ4n) is 2.38. The van der Waals surface area contributed by atoms with E-state index >= 15 is 0 Å². The number of unbranched alkanes of at least 4 members (excludes halogenated alkanes) is 3. The summed E-state index contributed by atoms with van der Waals surface area (Å²) in [6.07, 6.45) is 7.20. The van der Waals surface area contributed by atoms with Crippen LogP contribution < -0.4 is 0 Å². The predicted molar refractivity (Wildman–Crippen MR) is 113 cm³/mol. The highest BCUT2D eigenvalue weighted by Crippen LogP contribution is 2.25. The third kappa shape index (κ3) is 11.6. The van der Waals surface area contributed by atoms with Gasteiger partial charge >= 0.3 is 0 Å². The first-order chi connectivity index (χ1) is 12.8. The van der Waals surface area contributed by atoms with Gasteiger partial charge in [-0.15, -0.1) is 11.8 Å². The Morgan fingerprint density at radius 3 is 2.46 bits per heavy atom. The van der Waals surface area contributed by atoms with E-state index in [9.17, 15) is 0 Å². The van der Waals surface area contributed by atoms with E-state index in [1.165, 1.54) is 4.90 Å². The van der Waals surface area contributed by atoms with E-state index in [1.807, 2.05) is 31.7 Å². The van der Waals surface area contributed by atoms with E-state index in [0.717, 1.165) is 31.4 Å². The van der Waals surface area contributed by atoms with Crippen molar-refractivity contribution < 1.29 is 9.47 Å². The Morgan fingerprint density at radius 2 is 1.81 bits per heavy atom. The molecule has 1 atom stereocenters. The molecular weight excluding hydrogens is 362 g/mol. The number of rotatable bonds is 15. The van der Waals surface area contributed by atoms with Gasteiger partial charge in [-0.2, -0.15) is 5.26 Å². The lowest BCUT2D eigenvalue weighted by atomic mass is 10.1. The molecule has 0 spiro atoms.